The Balaban J connectivity index is 1.43. The molecular formula is C16H23N5OS. The largest absolute Gasteiger partial charge is 0.355 e. The maximum absolute atomic E-state index is 12.1. The second-order valence-electron chi connectivity index (χ2n) is 6.25. The van der Waals surface area contributed by atoms with E-state index >= 15 is 0 Å². The first-order valence-corrected chi connectivity index (χ1v) is 9.19. The van der Waals surface area contributed by atoms with Gasteiger partial charge in [-0.1, -0.05) is 26.2 Å². The van der Waals surface area contributed by atoms with Gasteiger partial charge in [0.25, 0.3) is 0 Å². The first-order chi connectivity index (χ1) is 11.2. The molecule has 23 heavy (non-hydrogen) atoms. The van der Waals surface area contributed by atoms with Crippen molar-refractivity contribution in [2.45, 2.75) is 45.4 Å². The van der Waals surface area contributed by atoms with Crippen LogP contribution in [0, 0.1) is 11.8 Å². The lowest BCUT2D eigenvalue weighted by Crippen LogP contribution is -2.32. The van der Waals surface area contributed by atoms with Crippen molar-refractivity contribution in [1.82, 2.24) is 25.5 Å². The first kappa shape index (κ1) is 16.1. The maximum atomic E-state index is 12.1. The molecule has 0 aromatic carbocycles. The summed E-state index contributed by atoms with van der Waals surface area (Å²) in [5, 5.41) is 12.3. The molecule has 6 nitrogen and oxygen atoms in total. The topological polar surface area (TPSA) is 83.6 Å². The number of hydrogen-bond acceptors (Lipinski definition) is 5. The molecular weight excluding hydrogens is 310 g/mol. The summed E-state index contributed by atoms with van der Waals surface area (Å²) in [6.45, 7) is 3.07. The van der Waals surface area contributed by atoms with Gasteiger partial charge in [0.2, 0.25) is 5.91 Å². The molecule has 0 spiro atoms. The molecule has 1 saturated carbocycles. The summed E-state index contributed by atoms with van der Waals surface area (Å²) < 4.78 is 0. The standard InChI is InChI=1S/C16H23N5OS/c1-2-11-3-5-12(6-4-11)8-17-14(22)7-13-9-23-16(20-13)15-18-10-19-21-15/h9-12H,2-8H2,1H3,(H,17,22)(H,18,19,21). The molecule has 0 aliphatic heterocycles. The van der Waals surface area contributed by atoms with Crippen molar-refractivity contribution in [3.8, 4) is 10.8 Å². The van der Waals surface area contributed by atoms with Gasteiger partial charge in [0.15, 0.2) is 10.8 Å². The van der Waals surface area contributed by atoms with Gasteiger partial charge in [0.05, 0.1) is 12.1 Å². The predicted molar refractivity (Wildman–Crippen MR) is 89.9 cm³/mol. The van der Waals surface area contributed by atoms with E-state index in [0.29, 0.717) is 18.2 Å². The van der Waals surface area contributed by atoms with Gasteiger partial charge in [-0.05, 0) is 24.7 Å². The molecule has 2 aromatic heterocycles. The van der Waals surface area contributed by atoms with Crippen molar-refractivity contribution in [2.75, 3.05) is 6.54 Å². The van der Waals surface area contributed by atoms with Gasteiger partial charge in [0.1, 0.15) is 6.33 Å². The predicted octanol–water partition coefficient (Wildman–Crippen LogP) is 2.80. The minimum absolute atomic E-state index is 0.0528. The van der Waals surface area contributed by atoms with Gasteiger partial charge >= 0.3 is 0 Å². The van der Waals surface area contributed by atoms with E-state index in [1.54, 1.807) is 0 Å². The van der Waals surface area contributed by atoms with Gasteiger partial charge in [0, 0.05) is 11.9 Å². The van der Waals surface area contributed by atoms with Crippen molar-refractivity contribution in [1.29, 1.82) is 0 Å². The zero-order valence-electron chi connectivity index (χ0n) is 13.4. The Kier molecular flexibility index (Phi) is 5.38. The fourth-order valence-electron chi connectivity index (χ4n) is 3.13. The Labute approximate surface area is 140 Å². The van der Waals surface area contributed by atoms with Crippen LogP contribution in [0.4, 0.5) is 0 Å². The number of nitrogens with zero attached hydrogens (tertiary/aromatic N) is 3. The Bertz CT molecular complexity index is 616. The summed E-state index contributed by atoms with van der Waals surface area (Å²) in [7, 11) is 0. The minimum atomic E-state index is 0.0528. The van der Waals surface area contributed by atoms with Crippen LogP contribution >= 0.6 is 11.3 Å². The van der Waals surface area contributed by atoms with Crippen LogP contribution in [0.25, 0.3) is 10.8 Å². The van der Waals surface area contributed by atoms with E-state index in [2.05, 4.69) is 32.4 Å². The van der Waals surface area contributed by atoms with E-state index in [4.69, 9.17) is 0 Å². The maximum Gasteiger partial charge on any atom is 0.226 e. The van der Waals surface area contributed by atoms with Gasteiger partial charge in [-0.3, -0.25) is 9.89 Å². The Morgan fingerprint density at radius 3 is 2.83 bits per heavy atom. The number of aromatic amines is 1. The number of rotatable bonds is 6. The van der Waals surface area contributed by atoms with Crippen LogP contribution in [-0.4, -0.2) is 32.6 Å². The summed E-state index contributed by atoms with van der Waals surface area (Å²) in [6, 6.07) is 0. The summed E-state index contributed by atoms with van der Waals surface area (Å²) >= 11 is 1.47. The van der Waals surface area contributed by atoms with E-state index in [1.165, 1.54) is 49.8 Å². The molecule has 1 amide bonds. The lowest BCUT2D eigenvalue weighted by molar-refractivity contribution is -0.120. The zero-order valence-corrected chi connectivity index (χ0v) is 14.2. The van der Waals surface area contributed by atoms with Crippen molar-refractivity contribution in [3.63, 3.8) is 0 Å². The number of carbonyl (C=O) groups is 1. The molecule has 0 atom stereocenters. The summed E-state index contributed by atoms with van der Waals surface area (Å²) in [4.78, 5) is 20.6. The van der Waals surface area contributed by atoms with Crippen LogP contribution in [0.3, 0.4) is 0 Å². The second-order valence-corrected chi connectivity index (χ2v) is 7.11. The summed E-state index contributed by atoms with van der Waals surface area (Å²) in [5.74, 6) is 2.24. The van der Waals surface area contributed by atoms with Crippen molar-refractivity contribution >= 4 is 17.2 Å². The van der Waals surface area contributed by atoms with Crippen molar-refractivity contribution in [3.05, 3.63) is 17.4 Å². The Morgan fingerprint density at radius 2 is 2.13 bits per heavy atom. The molecule has 2 heterocycles. The van der Waals surface area contributed by atoms with Gasteiger partial charge in [-0.2, -0.15) is 5.10 Å². The van der Waals surface area contributed by atoms with Gasteiger partial charge in [-0.15, -0.1) is 11.3 Å². The third-order valence-electron chi connectivity index (χ3n) is 4.64. The van der Waals surface area contributed by atoms with Crippen LogP contribution in [0.2, 0.25) is 0 Å². The molecule has 0 bridgehead atoms. The third-order valence-corrected chi connectivity index (χ3v) is 5.54. The highest BCUT2D eigenvalue weighted by atomic mass is 32.1. The van der Waals surface area contributed by atoms with Crippen LogP contribution < -0.4 is 5.32 Å². The number of aromatic nitrogens is 4. The number of hydrogen-bond donors (Lipinski definition) is 2. The Hall–Kier alpha value is -1.76. The quantitative estimate of drug-likeness (QED) is 0.851. The average Bonchev–Trinajstić information content (AvgIpc) is 3.24. The molecule has 7 heteroatoms. The molecule has 2 aromatic rings. The molecule has 2 N–H and O–H groups in total. The summed E-state index contributed by atoms with van der Waals surface area (Å²) in [5.41, 5.74) is 0.786. The fraction of sp³-hybridized carbons (Fsp3) is 0.625. The molecule has 124 valence electrons. The number of amides is 1. The zero-order chi connectivity index (χ0) is 16.1. The van der Waals surface area contributed by atoms with Crippen molar-refractivity contribution < 1.29 is 4.79 Å². The molecule has 1 aliphatic carbocycles. The second kappa shape index (κ2) is 7.68. The molecule has 1 aliphatic rings. The normalized spacial score (nSPS) is 21.3. The minimum Gasteiger partial charge on any atom is -0.355 e. The highest BCUT2D eigenvalue weighted by Crippen LogP contribution is 2.30. The lowest BCUT2D eigenvalue weighted by Gasteiger charge is -2.27. The molecule has 1 fully saturated rings. The van der Waals surface area contributed by atoms with Crippen LogP contribution in [0.5, 0.6) is 0 Å². The Morgan fingerprint density at radius 1 is 1.35 bits per heavy atom. The lowest BCUT2D eigenvalue weighted by atomic mass is 9.81. The molecule has 0 saturated heterocycles. The fourth-order valence-corrected chi connectivity index (χ4v) is 3.90. The van der Waals surface area contributed by atoms with Crippen molar-refractivity contribution in [2.24, 2.45) is 11.8 Å². The van der Waals surface area contributed by atoms with Gasteiger partial charge < -0.3 is 5.32 Å². The highest BCUT2D eigenvalue weighted by molar-refractivity contribution is 7.13. The summed E-state index contributed by atoms with van der Waals surface area (Å²) in [6.07, 6.45) is 8.17. The van der Waals surface area contributed by atoms with Gasteiger partial charge in [-0.25, -0.2) is 9.97 Å². The monoisotopic (exact) mass is 333 g/mol. The number of H-pyrrole nitrogens is 1. The smallest absolute Gasteiger partial charge is 0.226 e. The van der Waals surface area contributed by atoms with E-state index in [1.807, 2.05) is 5.38 Å². The molecule has 3 rings (SSSR count). The van der Waals surface area contributed by atoms with E-state index in [0.717, 1.165) is 23.2 Å². The number of nitrogens with one attached hydrogen (secondary N) is 2. The number of carbonyl (C=O) groups excluding carboxylic acids is 1. The SMILES string of the molecule is CCC1CCC(CNC(=O)Cc2csc(-c3ncn[nH]3)n2)CC1. The van der Waals surface area contributed by atoms with E-state index < -0.39 is 0 Å². The highest BCUT2D eigenvalue weighted by Gasteiger charge is 2.20. The van der Waals surface area contributed by atoms with E-state index in [-0.39, 0.29) is 5.91 Å². The van der Waals surface area contributed by atoms with E-state index in [9.17, 15) is 4.79 Å². The average molecular weight is 333 g/mol. The van der Waals surface area contributed by atoms with Crippen LogP contribution in [0.15, 0.2) is 11.7 Å². The number of thiazole rings is 1. The molecule has 0 unspecified atom stereocenters. The van der Waals surface area contributed by atoms with Crippen LogP contribution in [0.1, 0.15) is 44.7 Å². The van der Waals surface area contributed by atoms with Crippen LogP contribution in [-0.2, 0) is 11.2 Å². The molecule has 0 radical (unpaired) electrons. The first-order valence-electron chi connectivity index (χ1n) is 8.31. The third kappa shape index (κ3) is 4.37.